The van der Waals surface area contributed by atoms with E-state index in [0.717, 1.165) is 33.6 Å². The zero-order valence-corrected chi connectivity index (χ0v) is 15.0. The van der Waals surface area contributed by atoms with Crippen LogP contribution in [0.4, 0.5) is 0 Å². The summed E-state index contributed by atoms with van der Waals surface area (Å²) in [6.45, 7) is 1.88. The molecule has 1 aliphatic rings. The van der Waals surface area contributed by atoms with Gasteiger partial charge in [0.25, 0.3) is 0 Å². The van der Waals surface area contributed by atoms with Crippen molar-refractivity contribution in [2.75, 3.05) is 0 Å². The van der Waals surface area contributed by atoms with Gasteiger partial charge in [-0.3, -0.25) is 4.79 Å². The molecule has 5 heteroatoms. The number of carbonyl (C=O) groups excluding carboxylic acids is 1. The number of ketones is 1. The molecule has 25 heavy (non-hydrogen) atoms. The topological polar surface area (TPSA) is 34.9 Å². The first-order valence-electron chi connectivity index (χ1n) is 7.89. The minimum absolute atomic E-state index is 0.0570. The van der Waals surface area contributed by atoms with Gasteiger partial charge in [-0.1, -0.05) is 53.5 Å². The Kier molecular flexibility index (Phi) is 3.98. The van der Waals surface area contributed by atoms with Crippen molar-refractivity contribution in [2.24, 2.45) is 0 Å². The number of nitrogens with zero attached hydrogens (tertiary/aromatic N) is 2. The van der Waals surface area contributed by atoms with E-state index < -0.39 is 0 Å². The largest absolute Gasteiger partial charge is 0.289 e. The Balaban J connectivity index is 1.77. The van der Waals surface area contributed by atoms with E-state index in [9.17, 15) is 4.79 Å². The van der Waals surface area contributed by atoms with Gasteiger partial charge in [0, 0.05) is 28.1 Å². The first kappa shape index (κ1) is 16.1. The SMILES string of the molecule is Cc1nn(-c2cccc(Cl)c2)c(Cl)c1/C=C1\Cc2ccccc2C1=O. The number of allylic oxidation sites excluding steroid dienone is 1. The standard InChI is InChI=1S/C20H14Cl2N2O/c1-12-18(10-14-9-13-5-2-3-8-17(13)19(14)25)20(22)24(23-12)16-7-4-6-15(21)11-16/h2-8,10-11H,9H2,1H3/b14-10+. The van der Waals surface area contributed by atoms with Gasteiger partial charge in [0.2, 0.25) is 0 Å². The van der Waals surface area contributed by atoms with Gasteiger partial charge in [-0.05, 0) is 36.8 Å². The summed E-state index contributed by atoms with van der Waals surface area (Å²) < 4.78 is 1.64. The molecule has 1 aliphatic carbocycles. The minimum atomic E-state index is 0.0570. The quantitative estimate of drug-likeness (QED) is 0.574. The molecule has 0 atom stereocenters. The number of Topliss-reactive ketones (excluding diaryl/α,β-unsaturated/α-hetero) is 1. The third-order valence-corrected chi connectivity index (χ3v) is 4.95. The van der Waals surface area contributed by atoms with Crippen LogP contribution < -0.4 is 0 Å². The monoisotopic (exact) mass is 368 g/mol. The van der Waals surface area contributed by atoms with E-state index in [4.69, 9.17) is 23.2 Å². The Bertz CT molecular complexity index is 1030. The van der Waals surface area contributed by atoms with Crippen molar-refractivity contribution in [1.29, 1.82) is 0 Å². The summed E-state index contributed by atoms with van der Waals surface area (Å²) in [5.41, 5.74) is 4.86. The third kappa shape index (κ3) is 2.80. The second kappa shape index (κ2) is 6.17. The summed E-state index contributed by atoms with van der Waals surface area (Å²) in [6, 6.07) is 15.0. The fourth-order valence-corrected chi connectivity index (χ4v) is 3.61. The highest BCUT2D eigenvalue weighted by molar-refractivity contribution is 6.32. The number of hydrogen-bond acceptors (Lipinski definition) is 2. The molecule has 3 aromatic rings. The van der Waals surface area contributed by atoms with Gasteiger partial charge in [0.1, 0.15) is 5.15 Å². The molecule has 0 aliphatic heterocycles. The van der Waals surface area contributed by atoms with E-state index in [0.29, 0.717) is 16.6 Å². The number of hydrogen-bond donors (Lipinski definition) is 0. The Morgan fingerprint density at radius 1 is 1.12 bits per heavy atom. The minimum Gasteiger partial charge on any atom is -0.289 e. The van der Waals surface area contributed by atoms with Crippen LogP contribution in [0.25, 0.3) is 11.8 Å². The maximum absolute atomic E-state index is 12.6. The van der Waals surface area contributed by atoms with Crippen molar-refractivity contribution in [3.05, 3.63) is 86.7 Å². The average molecular weight is 369 g/mol. The van der Waals surface area contributed by atoms with Gasteiger partial charge in [-0.15, -0.1) is 0 Å². The highest BCUT2D eigenvalue weighted by Crippen LogP contribution is 2.31. The number of fused-ring (bicyclic) bond motifs is 1. The fourth-order valence-electron chi connectivity index (χ4n) is 3.10. The lowest BCUT2D eigenvalue weighted by atomic mass is 10.1. The molecule has 0 radical (unpaired) electrons. The van der Waals surface area contributed by atoms with Crippen molar-refractivity contribution >= 4 is 35.1 Å². The summed E-state index contributed by atoms with van der Waals surface area (Å²) in [5, 5.41) is 5.59. The van der Waals surface area contributed by atoms with Crippen LogP contribution in [0.3, 0.4) is 0 Å². The second-order valence-electron chi connectivity index (χ2n) is 6.01. The van der Waals surface area contributed by atoms with Crippen molar-refractivity contribution in [2.45, 2.75) is 13.3 Å². The first-order chi connectivity index (χ1) is 12.0. The van der Waals surface area contributed by atoms with E-state index in [1.54, 1.807) is 16.8 Å². The second-order valence-corrected chi connectivity index (χ2v) is 6.81. The maximum Gasteiger partial charge on any atom is 0.189 e. The van der Waals surface area contributed by atoms with Gasteiger partial charge in [0.15, 0.2) is 5.78 Å². The average Bonchev–Trinajstić information content (AvgIpc) is 3.07. The Morgan fingerprint density at radius 2 is 1.92 bits per heavy atom. The lowest BCUT2D eigenvalue weighted by molar-refractivity contribution is 0.104. The zero-order chi connectivity index (χ0) is 17.6. The molecule has 0 N–H and O–H groups in total. The van der Waals surface area contributed by atoms with Gasteiger partial charge >= 0.3 is 0 Å². The molecule has 2 aromatic carbocycles. The van der Waals surface area contributed by atoms with E-state index in [2.05, 4.69) is 5.10 Å². The Morgan fingerprint density at radius 3 is 2.68 bits per heavy atom. The van der Waals surface area contributed by atoms with E-state index in [1.165, 1.54) is 0 Å². The fraction of sp³-hybridized carbons (Fsp3) is 0.100. The van der Waals surface area contributed by atoms with Crippen LogP contribution in [0.5, 0.6) is 0 Å². The van der Waals surface area contributed by atoms with Crippen LogP contribution in [0.15, 0.2) is 54.1 Å². The van der Waals surface area contributed by atoms with Gasteiger partial charge in [0.05, 0.1) is 11.4 Å². The number of rotatable bonds is 2. The molecule has 1 heterocycles. The van der Waals surface area contributed by atoms with Crippen molar-refractivity contribution < 1.29 is 4.79 Å². The Hall–Kier alpha value is -2.36. The molecule has 124 valence electrons. The molecular formula is C20H14Cl2N2O. The van der Waals surface area contributed by atoms with E-state index in [-0.39, 0.29) is 5.78 Å². The summed E-state index contributed by atoms with van der Waals surface area (Å²) in [7, 11) is 0. The summed E-state index contributed by atoms with van der Waals surface area (Å²) in [5.74, 6) is 0.0570. The predicted molar refractivity (Wildman–Crippen MR) is 101 cm³/mol. The first-order valence-corrected chi connectivity index (χ1v) is 8.64. The normalized spacial score (nSPS) is 15.0. The zero-order valence-electron chi connectivity index (χ0n) is 13.5. The summed E-state index contributed by atoms with van der Waals surface area (Å²) >= 11 is 12.6. The summed E-state index contributed by atoms with van der Waals surface area (Å²) in [6.07, 6.45) is 2.47. The van der Waals surface area contributed by atoms with Crippen LogP contribution in [-0.2, 0) is 6.42 Å². The lowest BCUT2D eigenvalue weighted by Crippen LogP contribution is -1.96. The Labute approximate surface area is 155 Å². The molecule has 0 bridgehead atoms. The van der Waals surface area contributed by atoms with Crippen LogP contribution in [0.2, 0.25) is 10.2 Å². The van der Waals surface area contributed by atoms with E-state index in [1.807, 2.05) is 49.4 Å². The number of carbonyl (C=O) groups is 1. The predicted octanol–water partition coefficient (Wildman–Crippen LogP) is 5.31. The van der Waals surface area contributed by atoms with E-state index >= 15 is 0 Å². The molecule has 0 saturated carbocycles. The van der Waals surface area contributed by atoms with Gasteiger partial charge < -0.3 is 0 Å². The lowest BCUT2D eigenvalue weighted by Gasteiger charge is -2.03. The highest BCUT2D eigenvalue weighted by atomic mass is 35.5. The van der Waals surface area contributed by atoms with Crippen molar-refractivity contribution in [3.63, 3.8) is 0 Å². The number of aryl methyl sites for hydroxylation is 1. The molecule has 4 rings (SSSR count). The van der Waals surface area contributed by atoms with Crippen LogP contribution in [-0.4, -0.2) is 15.6 Å². The molecule has 0 amide bonds. The molecule has 0 spiro atoms. The molecule has 3 nitrogen and oxygen atoms in total. The molecule has 1 aromatic heterocycles. The van der Waals surface area contributed by atoms with Crippen molar-refractivity contribution in [3.8, 4) is 5.69 Å². The van der Waals surface area contributed by atoms with Gasteiger partial charge in [-0.25, -0.2) is 4.68 Å². The molecule has 0 unspecified atom stereocenters. The number of halogens is 2. The highest BCUT2D eigenvalue weighted by Gasteiger charge is 2.25. The molecule has 0 fully saturated rings. The molecule has 0 saturated heterocycles. The van der Waals surface area contributed by atoms with Crippen LogP contribution >= 0.6 is 23.2 Å². The number of aromatic nitrogens is 2. The van der Waals surface area contributed by atoms with Gasteiger partial charge in [-0.2, -0.15) is 5.10 Å². The smallest absolute Gasteiger partial charge is 0.189 e. The maximum atomic E-state index is 12.6. The summed E-state index contributed by atoms with van der Waals surface area (Å²) in [4.78, 5) is 12.6. The van der Waals surface area contributed by atoms with Crippen LogP contribution in [0, 0.1) is 6.92 Å². The molecular weight excluding hydrogens is 355 g/mol. The number of benzene rings is 2. The third-order valence-electron chi connectivity index (χ3n) is 4.35. The van der Waals surface area contributed by atoms with Crippen molar-refractivity contribution in [1.82, 2.24) is 9.78 Å². The van der Waals surface area contributed by atoms with Crippen LogP contribution in [0.1, 0.15) is 27.2 Å².